The molecule has 2 aromatic rings. The fourth-order valence-electron chi connectivity index (χ4n) is 4.74. The number of nitrogens with zero attached hydrogens (tertiary/aromatic N) is 4. The molecule has 1 saturated heterocycles. The molecule has 1 aliphatic heterocycles. The van der Waals surface area contributed by atoms with Gasteiger partial charge in [0, 0.05) is 42.7 Å². The van der Waals surface area contributed by atoms with Crippen LogP contribution < -0.4 is 10.9 Å². The second-order valence-corrected chi connectivity index (χ2v) is 11.0. The predicted octanol–water partition coefficient (Wildman–Crippen LogP) is 1.18. The predicted molar refractivity (Wildman–Crippen MR) is 120 cm³/mol. The fourth-order valence-corrected chi connectivity index (χ4v) is 5.61. The molecule has 0 amide bonds. The molecule has 3 atom stereocenters. The average molecular weight is 481 g/mol. The van der Waals surface area contributed by atoms with Crippen molar-refractivity contribution < 1.29 is 22.3 Å². The number of aliphatic hydroxyl groups is 1. The van der Waals surface area contributed by atoms with E-state index >= 15 is 0 Å². The molecule has 2 fully saturated rings. The zero-order valence-corrected chi connectivity index (χ0v) is 19.2. The third kappa shape index (κ3) is 4.76. The van der Waals surface area contributed by atoms with Gasteiger partial charge in [-0.15, -0.1) is 0 Å². The Morgan fingerprint density at radius 1 is 1.24 bits per heavy atom. The summed E-state index contributed by atoms with van der Waals surface area (Å²) in [7, 11) is 1.73. The van der Waals surface area contributed by atoms with E-state index in [4.69, 9.17) is 7.85 Å². The summed E-state index contributed by atoms with van der Waals surface area (Å²) in [6, 6.07) is 0.414. The number of nitrogens with one attached hydrogen (secondary N) is 1. The second-order valence-electron chi connectivity index (χ2n) is 8.98. The smallest absolute Gasteiger partial charge is 0.260 e. The number of anilines is 1. The number of aliphatic hydroxyl groups excluding tert-OH is 1. The van der Waals surface area contributed by atoms with Crippen molar-refractivity contribution in [2.75, 3.05) is 24.7 Å². The maximum atomic E-state index is 14.0. The van der Waals surface area contributed by atoms with Crippen LogP contribution in [0, 0.1) is 5.92 Å². The van der Waals surface area contributed by atoms with Crippen LogP contribution in [0.5, 0.6) is 0 Å². The van der Waals surface area contributed by atoms with Gasteiger partial charge >= 0.3 is 0 Å². The molecule has 0 spiro atoms. The normalized spacial score (nSPS) is 25.5. The number of aromatic nitrogens is 3. The molecule has 9 nitrogen and oxygen atoms in total. The third-order valence-electron chi connectivity index (χ3n) is 6.69. The van der Waals surface area contributed by atoms with Gasteiger partial charge in [0.15, 0.2) is 7.85 Å². The Morgan fingerprint density at radius 3 is 2.45 bits per heavy atom. The molecule has 13 heteroatoms. The first-order valence-electron chi connectivity index (χ1n) is 10.9. The molecule has 2 aliphatic rings. The lowest BCUT2D eigenvalue weighted by atomic mass is 9.91. The van der Waals surface area contributed by atoms with Crippen molar-refractivity contribution in [2.45, 2.75) is 56.6 Å². The number of halogens is 2. The minimum atomic E-state index is -3.84. The first-order valence-corrected chi connectivity index (χ1v) is 12.7. The zero-order valence-electron chi connectivity index (χ0n) is 18.4. The SMILES string of the molecule is [B]C(F)(F)c1cc2cnc(NC3CCN(S(C)(=O)=O)CC3)nc2n([C@@H]2CC[C@@H](O)[C@H]2C)c1=O. The van der Waals surface area contributed by atoms with Crippen LogP contribution in [0.4, 0.5) is 14.7 Å². The van der Waals surface area contributed by atoms with Gasteiger partial charge in [-0.25, -0.2) is 26.5 Å². The van der Waals surface area contributed by atoms with E-state index in [1.54, 1.807) is 6.92 Å². The van der Waals surface area contributed by atoms with E-state index in [0.717, 1.165) is 6.07 Å². The number of hydrogen-bond donors (Lipinski definition) is 2. The summed E-state index contributed by atoms with van der Waals surface area (Å²) < 4.78 is 54.0. The number of alkyl halides is 2. The number of hydrogen-bond acceptors (Lipinski definition) is 7. The van der Waals surface area contributed by atoms with Gasteiger partial charge in [0.25, 0.3) is 5.56 Å². The monoisotopic (exact) mass is 481 g/mol. The first kappa shape index (κ1) is 24.0. The highest BCUT2D eigenvalue weighted by atomic mass is 32.2. The van der Waals surface area contributed by atoms with Crippen LogP contribution in [0.15, 0.2) is 17.1 Å². The van der Waals surface area contributed by atoms with Gasteiger partial charge in [0.05, 0.1) is 17.9 Å². The Hall–Kier alpha value is -2.12. The Labute approximate surface area is 191 Å². The van der Waals surface area contributed by atoms with Crippen molar-refractivity contribution in [2.24, 2.45) is 5.92 Å². The van der Waals surface area contributed by atoms with Crippen molar-refractivity contribution in [3.8, 4) is 0 Å². The lowest BCUT2D eigenvalue weighted by Crippen LogP contribution is -2.42. The van der Waals surface area contributed by atoms with Crippen LogP contribution in [0.3, 0.4) is 0 Å². The van der Waals surface area contributed by atoms with E-state index in [0.29, 0.717) is 38.8 Å². The topological polar surface area (TPSA) is 117 Å². The van der Waals surface area contributed by atoms with Crippen LogP contribution in [0.2, 0.25) is 0 Å². The van der Waals surface area contributed by atoms with Gasteiger partial charge in [-0.3, -0.25) is 9.36 Å². The summed E-state index contributed by atoms with van der Waals surface area (Å²) >= 11 is 0. The van der Waals surface area contributed by atoms with E-state index in [-0.39, 0.29) is 28.9 Å². The highest BCUT2D eigenvalue weighted by Crippen LogP contribution is 2.37. The molecule has 0 unspecified atom stereocenters. The molecule has 0 bridgehead atoms. The summed E-state index contributed by atoms with van der Waals surface area (Å²) in [6.07, 6.45) is 3.85. The Kier molecular flexibility index (Phi) is 6.25. The molecule has 2 N–H and O–H groups in total. The molecule has 178 valence electrons. The Balaban J connectivity index is 1.71. The standard InChI is InChI=1S/C20H26BF2N5O4S/c1-11-15(3-4-16(11)29)28-17-12(9-14(18(28)30)20(21,22)23)10-24-19(26-17)25-13-5-7-27(8-6-13)33(2,31)32/h9-11,13,15-16,29H,3-8H2,1-2H3,(H,24,25,26)/t11-,15+,16+/m0/s1. The number of sulfonamides is 1. The number of piperidine rings is 1. The summed E-state index contributed by atoms with van der Waals surface area (Å²) in [6.45, 7) is 2.49. The molecular formula is C20H26BF2N5O4S. The van der Waals surface area contributed by atoms with E-state index in [1.165, 1.54) is 21.3 Å². The highest BCUT2D eigenvalue weighted by molar-refractivity contribution is 7.88. The average Bonchev–Trinajstić information content (AvgIpc) is 3.05. The molecular weight excluding hydrogens is 455 g/mol. The van der Waals surface area contributed by atoms with Crippen LogP contribution in [-0.2, 0) is 15.8 Å². The molecule has 3 heterocycles. The van der Waals surface area contributed by atoms with E-state index in [9.17, 15) is 27.1 Å². The summed E-state index contributed by atoms with van der Waals surface area (Å²) in [5.41, 5.74) is -1.60. The third-order valence-corrected chi connectivity index (χ3v) is 8.00. The van der Waals surface area contributed by atoms with Gasteiger partial charge in [-0.2, -0.15) is 4.98 Å². The maximum Gasteiger partial charge on any atom is 0.260 e. The summed E-state index contributed by atoms with van der Waals surface area (Å²) in [5.74, 6) is -3.95. The first-order chi connectivity index (χ1) is 15.4. The van der Waals surface area contributed by atoms with Gasteiger partial charge in [-0.1, -0.05) is 6.92 Å². The maximum absolute atomic E-state index is 14.0. The van der Waals surface area contributed by atoms with E-state index < -0.39 is 39.1 Å². The molecule has 2 aromatic heterocycles. The van der Waals surface area contributed by atoms with Crippen molar-refractivity contribution in [3.63, 3.8) is 0 Å². The van der Waals surface area contributed by atoms with Crippen LogP contribution in [-0.4, -0.2) is 71.7 Å². The van der Waals surface area contributed by atoms with Crippen LogP contribution >= 0.6 is 0 Å². The lowest BCUT2D eigenvalue weighted by molar-refractivity contribution is 0.0913. The van der Waals surface area contributed by atoms with Crippen LogP contribution in [0.25, 0.3) is 11.0 Å². The Bertz CT molecular complexity index is 1210. The van der Waals surface area contributed by atoms with E-state index in [1.807, 2.05) is 0 Å². The molecule has 1 aliphatic carbocycles. The second kappa shape index (κ2) is 8.59. The molecule has 2 radical (unpaired) electrons. The van der Waals surface area contributed by atoms with E-state index in [2.05, 4.69) is 15.3 Å². The fraction of sp³-hybridized carbons (Fsp3) is 0.650. The number of fused-ring (bicyclic) bond motifs is 1. The number of rotatable bonds is 5. The number of pyridine rings is 1. The Morgan fingerprint density at radius 2 is 1.91 bits per heavy atom. The van der Waals surface area contributed by atoms with Crippen molar-refractivity contribution >= 4 is 34.9 Å². The van der Waals surface area contributed by atoms with Crippen molar-refractivity contribution in [3.05, 3.63) is 28.2 Å². The quantitative estimate of drug-likeness (QED) is 0.616. The molecule has 0 aromatic carbocycles. The van der Waals surface area contributed by atoms with Gasteiger partial charge in [0.1, 0.15) is 5.65 Å². The van der Waals surface area contributed by atoms with Gasteiger partial charge < -0.3 is 10.4 Å². The van der Waals surface area contributed by atoms with Crippen molar-refractivity contribution in [1.82, 2.24) is 18.8 Å². The highest BCUT2D eigenvalue weighted by Gasteiger charge is 2.37. The zero-order chi connectivity index (χ0) is 24.1. The van der Waals surface area contributed by atoms with Crippen molar-refractivity contribution in [1.29, 1.82) is 0 Å². The lowest BCUT2D eigenvalue weighted by Gasteiger charge is -2.30. The van der Waals surface area contributed by atoms with Gasteiger partial charge in [-0.05, 0) is 31.7 Å². The van der Waals surface area contributed by atoms with Crippen LogP contribution in [0.1, 0.15) is 44.2 Å². The minimum Gasteiger partial charge on any atom is -0.393 e. The van der Waals surface area contributed by atoms with Gasteiger partial charge in [0.2, 0.25) is 21.8 Å². The summed E-state index contributed by atoms with van der Waals surface area (Å²) in [4.78, 5) is 21.8. The summed E-state index contributed by atoms with van der Waals surface area (Å²) in [5, 5.41) is 13.6. The minimum absolute atomic E-state index is 0.0829. The largest absolute Gasteiger partial charge is 0.393 e. The molecule has 33 heavy (non-hydrogen) atoms. The molecule has 1 saturated carbocycles. The molecule has 4 rings (SSSR count).